The Morgan fingerprint density at radius 1 is 1.22 bits per heavy atom. The number of halogens is 2. The summed E-state index contributed by atoms with van der Waals surface area (Å²) in [4.78, 5) is 14.0. The number of carbonyl (C=O) groups excluding carboxylic acids is 1. The van der Waals surface area contributed by atoms with Gasteiger partial charge in [-0.15, -0.1) is 24.8 Å². The molecule has 0 aliphatic carbocycles. The molecular weight excluding hydrogens is 273 g/mol. The largest absolute Gasteiger partial charge is 0.352 e. The maximum atomic E-state index is 11.5. The highest BCUT2D eigenvalue weighted by atomic mass is 35.5. The van der Waals surface area contributed by atoms with E-state index in [1.807, 2.05) is 7.05 Å². The van der Waals surface area contributed by atoms with Crippen LogP contribution in [0.15, 0.2) is 0 Å². The van der Waals surface area contributed by atoms with Crippen molar-refractivity contribution in [3.8, 4) is 0 Å². The number of rotatable bonds is 3. The zero-order valence-electron chi connectivity index (χ0n) is 11.1. The van der Waals surface area contributed by atoms with Gasteiger partial charge < -0.3 is 15.5 Å². The third-order valence-electron chi connectivity index (χ3n) is 4.04. The summed E-state index contributed by atoms with van der Waals surface area (Å²) in [5, 5.41) is 6.03. The Balaban J connectivity index is 0.00000144. The Kier molecular flexibility index (Phi) is 8.19. The number of likely N-dealkylation sites (N-methyl/N-ethyl adjacent to an activating group) is 1. The number of nitrogens with one attached hydrogen (secondary N) is 2. The highest BCUT2D eigenvalue weighted by molar-refractivity contribution is 5.85. The summed E-state index contributed by atoms with van der Waals surface area (Å²) in [7, 11) is 4.04. The fourth-order valence-corrected chi connectivity index (χ4v) is 3.17. The molecule has 2 unspecified atom stereocenters. The van der Waals surface area contributed by atoms with E-state index in [9.17, 15) is 4.79 Å². The lowest BCUT2D eigenvalue weighted by Crippen LogP contribution is -2.55. The van der Waals surface area contributed by atoms with Crippen LogP contribution >= 0.6 is 24.8 Å². The predicted molar refractivity (Wildman–Crippen MR) is 78.8 cm³/mol. The van der Waals surface area contributed by atoms with Crippen LogP contribution in [0.5, 0.6) is 0 Å². The number of piperidine rings is 2. The second-order valence-electron chi connectivity index (χ2n) is 5.17. The van der Waals surface area contributed by atoms with E-state index in [1.54, 1.807) is 0 Å². The molecule has 2 heterocycles. The van der Waals surface area contributed by atoms with Gasteiger partial charge in [-0.05, 0) is 39.8 Å². The van der Waals surface area contributed by atoms with Crippen LogP contribution < -0.4 is 10.6 Å². The first-order chi connectivity index (χ1) is 7.70. The van der Waals surface area contributed by atoms with Crippen LogP contribution in [0, 0.1) is 0 Å². The lowest BCUT2D eigenvalue weighted by Gasteiger charge is -2.47. The van der Waals surface area contributed by atoms with Crippen LogP contribution in [0.4, 0.5) is 0 Å². The summed E-state index contributed by atoms with van der Waals surface area (Å²) in [5.41, 5.74) is 0. The van der Waals surface area contributed by atoms with Gasteiger partial charge in [-0.25, -0.2) is 0 Å². The fourth-order valence-electron chi connectivity index (χ4n) is 3.17. The van der Waals surface area contributed by atoms with Crippen LogP contribution in [0.3, 0.4) is 0 Å². The van der Waals surface area contributed by atoms with Crippen molar-refractivity contribution in [2.24, 2.45) is 0 Å². The van der Waals surface area contributed by atoms with E-state index in [0.717, 1.165) is 12.8 Å². The molecule has 2 saturated heterocycles. The minimum atomic E-state index is 0. The highest BCUT2D eigenvalue weighted by Crippen LogP contribution is 2.32. The molecule has 2 aliphatic rings. The van der Waals surface area contributed by atoms with E-state index in [-0.39, 0.29) is 30.7 Å². The molecule has 0 aromatic rings. The highest BCUT2D eigenvalue weighted by Gasteiger charge is 2.36. The molecule has 0 aromatic carbocycles. The second-order valence-corrected chi connectivity index (χ2v) is 5.17. The van der Waals surface area contributed by atoms with E-state index in [4.69, 9.17) is 0 Å². The van der Waals surface area contributed by atoms with Gasteiger partial charge in [-0.1, -0.05) is 6.42 Å². The molecule has 0 spiro atoms. The van der Waals surface area contributed by atoms with E-state index >= 15 is 0 Å². The molecule has 108 valence electrons. The van der Waals surface area contributed by atoms with E-state index in [2.05, 4.69) is 22.6 Å². The Hall–Kier alpha value is -0.0300. The molecule has 2 aliphatic heterocycles. The van der Waals surface area contributed by atoms with Crippen molar-refractivity contribution in [1.29, 1.82) is 0 Å². The van der Waals surface area contributed by atoms with Gasteiger partial charge in [0.1, 0.15) is 0 Å². The van der Waals surface area contributed by atoms with Gasteiger partial charge in [0.15, 0.2) is 0 Å². The standard InChI is InChI=1S/C12H23N3O.2ClH/c1-13-8-12(16)14-9-6-10-4-3-5-11(7-9)15(10)2;;/h9-11,13H,3-8H2,1-2H3,(H,14,16);2*1H. The number of carbonyl (C=O) groups is 1. The van der Waals surface area contributed by atoms with Crippen molar-refractivity contribution in [2.75, 3.05) is 20.6 Å². The summed E-state index contributed by atoms with van der Waals surface area (Å²) >= 11 is 0. The van der Waals surface area contributed by atoms with Crippen molar-refractivity contribution in [2.45, 2.75) is 50.2 Å². The van der Waals surface area contributed by atoms with Gasteiger partial charge in [0.05, 0.1) is 6.54 Å². The molecule has 0 saturated carbocycles. The van der Waals surface area contributed by atoms with Gasteiger partial charge in [0.25, 0.3) is 0 Å². The second kappa shape index (κ2) is 8.20. The molecule has 0 radical (unpaired) electrons. The Labute approximate surface area is 122 Å². The molecule has 2 bridgehead atoms. The van der Waals surface area contributed by atoms with E-state index in [0.29, 0.717) is 24.7 Å². The molecular formula is C12H25Cl2N3O. The van der Waals surface area contributed by atoms with Crippen molar-refractivity contribution in [3.63, 3.8) is 0 Å². The van der Waals surface area contributed by atoms with Crippen LogP contribution in [-0.4, -0.2) is 49.6 Å². The third-order valence-corrected chi connectivity index (χ3v) is 4.04. The molecule has 2 rings (SSSR count). The first kappa shape index (κ1) is 18.0. The van der Waals surface area contributed by atoms with E-state index < -0.39 is 0 Å². The molecule has 1 amide bonds. The molecule has 2 N–H and O–H groups in total. The quantitative estimate of drug-likeness (QED) is 0.822. The van der Waals surface area contributed by atoms with Gasteiger partial charge >= 0.3 is 0 Å². The average molecular weight is 298 g/mol. The van der Waals surface area contributed by atoms with Crippen LogP contribution in [-0.2, 0) is 4.79 Å². The van der Waals surface area contributed by atoms with Crippen LogP contribution in [0.1, 0.15) is 32.1 Å². The topological polar surface area (TPSA) is 44.4 Å². The van der Waals surface area contributed by atoms with Gasteiger partial charge in [-0.3, -0.25) is 4.79 Å². The Morgan fingerprint density at radius 3 is 2.28 bits per heavy atom. The number of nitrogens with zero attached hydrogens (tertiary/aromatic N) is 1. The van der Waals surface area contributed by atoms with Crippen molar-refractivity contribution in [3.05, 3.63) is 0 Å². The molecule has 6 heteroatoms. The van der Waals surface area contributed by atoms with Crippen LogP contribution in [0.2, 0.25) is 0 Å². The first-order valence-electron chi connectivity index (χ1n) is 6.36. The summed E-state index contributed by atoms with van der Waals surface area (Å²) in [6.45, 7) is 0.432. The molecule has 2 atom stereocenters. The summed E-state index contributed by atoms with van der Waals surface area (Å²) in [6.07, 6.45) is 6.21. The monoisotopic (exact) mass is 297 g/mol. The maximum absolute atomic E-state index is 11.5. The summed E-state index contributed by atoms with van der Waals surface area (Å²) < 4.78 is 0. The predicted octanol–water partition coefficient (Wildman–Crippen LogP) is 1.18. The Bertz CT molecular complexity index is 252. The van der Waals surface area contributed by atoms with Gasteiger partial charge in [0.2, 0.25) is 5.91 Å². The minimum absolute atomic E-state index is 0. The van der Waals surface area contributed by atoms with E-state index in [1.165, 1.54) is 19.3 Å². The molecule has 18 heavy (non-hydrogen) atoms. The van der Waals surface area contributed by atoms with Crippen molar-refractivity contribution >= 4 is 30.7 Å². The minimum Gasteiger partial charge on any atom is -0.352 e. The number of fused-ring (bicyclic) bond motifs is 2. The SMILES string of the molecule is CNCC(=O)NC1CC2CCCC(C1)N2C.Cl.Cl. The lowest BCUT2D eigenvalue weighted by atomic mass is 9.82. The molecule has 2 fully saturated rings. The number of amides is 1. The average Bonchev–Trinajstić information content (AvgIpc) is 2.20. The third kappa shape index (κ3) is 4.26. The smallest absolute Gasteiger partial charge is 0.234 e. The number of hydrogen-bond acceptors (Lipinski definition) is 3. The van der Waals surface area contributed by atoms with Crippen molar-refractivity contribution in [1.82, 2.24) is 15.5 Å². The normalized spacial score (nSPS) is 30.9. The van der Waals surface area contributed by atoms with Crippen LogP contribution in [0.25, 0.3) is 0 Å². The van der Waals surface area contributed by atoms with Gasteiger partial charge in [-0.2, -0.15) is 0 Å². The summed E-state index contributed by atoms with van der Waals surface area (Å²) in [5.74, 6) is 0.134. The molecule has 0 aromatic heterocycles. The summed E-state index contributed by atoms with van der Waals surface area (Å²) in [6, 6.07) is 1.77. The molecule has 4 nitrogen and oxygen atoms in total. The zero-order chi connectivity index (χ0) is 11.5. The maximum Gasteiger partial charge on any atom is 0.234 e. The van der Waals surface area contributed by atoms with Crippen molar-refractivity contribution < 1.29 is 4.79 Å². The number of hydrogen-bond donors (Lipinski definition) is 2. The van der Waals surface area contributed by atoms with Gasteiger partial charge in [0, 0.05) is 18.1 Å². The first-order valence-corrected chi connectivity index (χ1v) is 6.36. The Morgan fingerprint density at radius 2 is 1.78 bits per heavy atom. The zero-order valence-corrected chi connectivity index (χ0v) is 12.8. The lowest BCUT2D eigenvalue weighted by molar-refractivity contribution is -0.121. The fraction of sp³-hybridized carbons (Fsp3) is 0.917.